The summed E-state index contributed by atoms with van der Waals surface area (Å²) in [7, 11) is 0. The van der Waals surface area contributed by atoms with E-state index < -0.39 is 0 Å². The highest BCUT2D eigenvalue weighted by Crippen LogP contribution is 2.31. The van der Waals surface area contributed by atoms with Gasteiger partial charge in [-0.05, 0) is 6.07 Å². The van der Waals surface area contributed by atoms with Gasteiger partial charge in [-0.1, -0.05) is 29.8 Å². The van der Waals surface area contributed by atoms with Crippen LogP contribution in [0.25, 0.3) is 10.9 Å². The molecule has 1 N–H and O–H groups in total. The number of nitrogens with one attached hydrogen (secondary N) is 1. The summed E-state index contributed by atoms with van der Waals surface area (Å²) in [5.41, 5.74) is 1.62. The van der Waals surface area contributed by atoms with E-state index in [1.807, 2.05) is 28.8 Å². The predicted molar refractivity (Wildman–Crippen MR) is 59.3 cm³/mol. The molecule has 0 bridgehead atoms. The molecule has 2 aromatic rings. The van der Waals surface area contributed by atoms with E-state index in [9.17, 15) is 4.79 Å². The molecule has 0 aliphatic carbocycles. The number of amides is 1. The zero-order valence-corrected chi connectivity index (χ0v) is 8.71. The molecule has 0 saturated heterocycles. The fourth-order valence-electron chi connectivity index (χ4n) is 2.08. The van der Waals surface area contributed by atoms with Crippen molar-refractivity contribution < 1.29 is 4.79 Å². The summed E-state index contributed by atoms with van der Waals surface area (Å²) >= 11 is 6.19. The third kappa shape index (κ3) is 1.10. The SMILES string of the molecule is O=C1NCCn2c1c(Cl)c1ccccc12. The Morgan fingerprint density at radius 2 is 2.13 bits per heavy atom. The smallest absolute Gasteiger partial charge is 0.269 e. The first-order valence-electron chi connectivity index (χ1n) is 4.84. The van der Waals surface area contributed by atoms with Gasteiger partial charge in [0.05, 0.1) is 10.5 Å². The summed E-state index contributed by atoms with van der Waals surface area (Å²) in [6, 6.07) is 7.82. The number of benzene rings is 1. The van der Waals surface area contributed by atoms with Crippen LogP contribution in [0, 0.1) is 0 Å². The second kappa shape index (κ2) is 3.00. The van der Waals surface area contributed by atoms with Crippen molar-refractivity contribution in [3.63, 3.8) is 0 Å². The molecule has 4 heteroatoms. The number of carbonyl (C=O) groups is 1. The van der Waals surface area contributed by atoms with Crippen LogP contribution in [-0.4, -0.2) is 17.0 Å². The van der Waals surface area contributed by atoms with Gasteiger partial charge in [0.25, 0.3) is 5.91 Å². The molecule has 0 unspecified atom stereocenters. The Labute approximate surface area is 91.6 Å². The average molecular weight is 221 g/mol. The Balaban J connectivity index is 2.45. The summed E-state index contributed by atoms with van der Waals surface area (Å²) in [6.45, 7) is 1.45. The van der Waals surface area contributed by atoms with Crippen molar-refractivity contribution in [1.82, 2.24) is 9.88 Å². The molecule has 1 aromatic carbocycles. The molecule has 0 spiro atoms. The van der Waals surface area contributed by atoms with Gasteiger partial charge in [-0.2, -0.15) is 0 Å². The summed E-state index contributed by atoms with van der Waals surface area (Å²) < 4.78 is 1.98. The van der Waals surface area contributed by atoms with Crippen LogP contribution in [0.2, 0.25) is 5.02 Å². The molecular formula is C11H9ClN2O. The summed E-state index contributed by atoms with van der Waals surface area (Å²) in [6.07, 6.45) is 0. The van der Waals surface area contributed by atoms with Crippen LogP contribution >= 0.6 is 11.6 Å². The lowest BCUT2D eigenvalue weighted by atomic mass is 10.2. The molecule has 1 aliphatic heterocycles. The van der Waals surface area contributed by atoms with E-state index >= 15 is 0 Å². The predicted octanol–water partition coefficient (Wildman–Crippen LogP) is 2.04. The van der Waals surface area contributed by atoms with Gasteiger partial charge < -0.3 is 9.88 Å². The molecule has 0 fully saturated rings. The second-order valence-electron chi connectivity index (χ2n) is 3.59. The van der Waals surface area contributed by atoms with Gasteiger partial charge in [0.1, 0.15) is 5.69 Å². The number of halogens is 1. The maximum atomic E-state index is 11.7. The van der Waals surface area contributed by atoms with Crippen LogP contribution in [0.1, 0.15) is 10.5 Å². The van der Waals surface area contributed by atoms with Crippen LogP contribution in [0.5, 0.6) is 0 Å². The van der Waals surface area contributed by atoms with Gasteiger partial charge in [0, 0.05) is 18.5 Å². The van der Waals surface area contributed by atoms with Crippen LogP contribution in [0.3, 0.4) is 0 Å². The standard InChI is InChI=1S/C11H9ClN2O/c12-9-7-3-1-2-4-8(7)14-6-5-13-11(15)10(9)14/h1-4H,5-6H2,(H,13,15). The lowest BCUT2D eigenvalue weighted by Crippen LogP contribution is -2.35. The third-order valence-electron chi connectivity index (χ3n) is 2.75. The Bertz CT molecular complexity index is 559. The number of rotatable bonds is 0. The van der Waals surface area contributed by atoms with Crippen LogP contribution in [0.15, 0.2) is 24.3 Å². The largest absolute Gasteiger partial charge is 0.349 e. The molecule has 1 aliphatic rings. The van der Waals surface area contributed by atoms with E-state index in [0.29, 0.717) is 17.3 Å². The summed E-state index contributed by atoms with van der Waals surface area (Å²) in [4.78, 5) is 11.7. The third-order valence-corrected chi connectivity index (χ3v) is 3.13. The van der Waals surface area contributed by atoms with Crippen molar-refractivity contribution in [2.45, 2.75) is 6.54 Å². The Morgan fingerprint density at radius 1 is 1.33 bits per heavy atom. The van der Waals surface area contributed by atoms with Crippen molar-refractivity contribution in [2.24, 2.45) is 0 Å². The highest BCUT2D eigenvalue weighted by atomic mass is 35.5. The highest BCUT2D eigenvalue weighted by Gasteiger charge is 2.23. The molecule has 76 valence electrons. The quantitative estimate of drug-likeness (QED) is 0.724. The number of carbonyl (C=O) groups excluding carboxylic acids is 1. The molecule has 0 saturated carbocycles. The fourth-order valence-corrected chi connectivity index (χ4v) is 2.43. The van der Waals surface area contributed by atoms with Crippen LogP contribution in [-0.2, 0) is 6.54 Å². The van der Waals surface area contributed by atoms with Crippen molar-refractivity contribution in [3.05, 3.63) is 35.0 Å². The topological polar surface area (TPSA) is 34.0 Å². The van der Waals surface area contributed by atoms with E-state index in [-0.39, 0.29) is 5.91 Å². The second-order valence-corrected chi connectivity index (χ2v) is 3.97. The van der Waals surface area contributed by atoms with E-state index in [1.54, 1.807) is 0 Å². The Hall–Kier alpha value is -1.48. The minimum Gasteiger partial charge on any atom is -0.349 e. The molecule has 0 radical (unpaired) electrons. The molecule has 1 aromatic heterocycles. The first-order chi connectivity index (χ1) is 7.29. The van der Waals surface area contributed by atoms with Crippen molar-refractivity contribution >= 4 is 28.4 Å². The molecule has 1 amide bonds. The van der Waals surface area contributed by atoms with E-state index in [0.717, 1.165) is 17.4 Å². The zero-order valence-electron chi connectivity index (χ0n) is 7.96. The zero-order chi connectivity index (χ0) is 10.4. The van der Waals surface area contributed by atoms with Gasteiger partial charge in [-0.15, -0.1) is 0 Å². The number of fused-ring (bicyclic) bond motifs is 3. The van der Waals surface area contributed by atoms with Crippen molar-refractivity contribution in [1.29, 1.82) is 0 Å². The average Bonchev–Trinajstić information content (AvgIpc) is 2.55. The van der Waals surface area contributed by atoms with Crippen LogP contribution < -0.4 is 5.32 Å². The summed E-state index contributed by atoms with van der Waals surface area (Å²) in [5.74, 6) is -0.0811. The highest BCUT2D eigenvalue weighted by molar-refractivity contribution is 6.38. The number of para-hydroxylation sites is 1. The maximum absolute atomic E-state index is 11.7. The molecule has 2 heterocycles. The fraction of sp³-hybridized carbons (Fsp3) is 0.182. The van der Waals surface area contributed by atoms with Gasteiger partial charge >= 0.3 is 0 Å². The molecule has 15 heavy (non-hydrogen) atoms. The molecular weight excluding hydrogens is 212 g/mol. The molecule has 3 rings (SSSR count). The van der Waals surface area contributed by atoms with Gasteiger partial charge in [0.2, 0.25) is 0 Å². The first-order valence-corrected chi connectivity index (χ1v) is 5.22. The van der Waals surface area contributed by atoms with Gasteiger partial charge in [-0.25, -0.2) is 0 Å². The Kier molecular flexibility index (Phi) is 1.76. The van der Waals surface area contributed by atoms with E-state index in [2.05, 4.69) is 5.32 Å². The van der Waals surface area contributed by atoms with E-state index in [4.69, 9.17) is 11.6 Å². The van der Waals surface area contributed by atoms with Crippen LogP contribution in [0.4, 0.5) is 0 Å². The Morgan fingerprint density at radius 3 is 3.00 bits per heavy atom. The first kappa shape index (κ1) is 8.80. The number of hydrogen-bond acceptors (Lipinski definition) is 1. The van der Waals surface area contributed by atoms with Gasteiger partial charge in [0.15, 0.2) is 0 Å². The van der Waals surface area contributed by atoms with Crippen molar-refractivity contribution in [2.75, 3.05) is 6.54 Å². The number of nitrogens with zero attached hydrogens (tertiary/aromatic N) is 1. The maximum Gasteiger partial charge on any atom is 0.269 e. The minimum absolute atomic E-state index is 0.0811. The van der Waals surface area contributed by atoms with Gasteiger partial charge in [-0.3, -0.25) is 4.79 Å². The normalized spacial score (nSPS) is 15.1. The minimum atomic E-state index is -0.0811. The summed E-state index contributed by atoms with van der Waals surface area (Å²) in [5, 5.41) is 4.30. The molecule has 0 atom stereocenters. The number of aromatic nitrogens is 1. The lowest BCUT2D eigenvalue weighted by molar-refractivity contribution is 0.0929. The lowest BCUT2D eigenvalue weighted by Gasteiger charge is -2.16. The number of hydrogen-bond donors (Lipinski definition) is 1. The monoisotopic (exact) mass is 220 g/mol. The molecule has 3 nitrogen and oxygen atoms in total. The van der Waals surface area contributed by atoms with E-state index in [1.165, 1.54) is 0 Å². The van der Waals surface area contributed by atoms with Crippen molar-refractivity contribution in [3.8, 4) is 0 Å².